The summed E-state index contributed by atoms with van der Waals surface area (Å²) in [5.74, 6) is 2.11. The largest absolute Gasteiger partial charge is 0.454 e. The van der Waals surface area contributed by atoms with Gasteiger partial charge in [-0.05, 0) is 24.3 Å². The molecule has 3 rings (SSSR count). The Hall–Kier alpha value is -2.76. The number of carbonyl (C=O) groups excluding carboxylic acids is 1. The maximum atomic E-state index is 11.3. The van der Waals surface area contributed by atoms with Gasteiger partial charge in [-0.25, -0.2) is 4.98 Å². The number of ether oxygens (including phenoxy) is 2. The molecule has 0 spiro atoms. The van der Waals surface area contributed by atoms with Crippen molar-refractivity contribution in [1.82, 2.24) is 4.98 Å². The Morgan fingerprint density at radius 3 is 2.76 bits per heavy atom. The molecule has 1 aromatic carbocycles. The summed E-state index contributed by atoms with van der Waals surface area (Å²) >= 11 is 0. The van der Waals surface area contributed by atoms with E-state index in [1.807, 2.05) is 18.2 Å². The first-order chi connectivity index (χ1) is 10.2. The highest BCUT2D eigenvalue weighted by molar-refractivity contribution is 5.90. The summed E-state index contributed by atoms with van der Waals surface area (Å²) in [5, 5.41) is 5.92. The van der Waals surface area contributed by atoms with Crippen molar-refractivity contribution in [3.05, 3.63) is 36.5 Å². The Kier molecular flexibility index (Phi) is 3.59. The molecular formula is C15H15N3O3. The molecule has 0 unspecified atom stereocenters. The molecule has 0 saturated heterocycles. The van der Waals surface area contributed by atoms with E-state index in [0.717, 1.165) is 11.4 Å². The SMILES string of the molecule is CCC(=O)Nc1ccc(Nc2ccc3c(c2)OCO3)nc1. The molecule has 6 heteroatoms. The Bertz CT molecular complexity index is 656. The first kappa shape index (κ1) is 13.2. The number of carbonyl (C=O) groups is 1. The third kappa shape index (κ3) is 3.05. The molecular weight excluding hydrogens is 270 g/mol. The molecule has 2 N–H and O–H groups in total. The Morgan fingerprint density at radius 2 is 2.00 bits per heavy atom. The molecule has 1 aliphatic heterocycles. The highest BCUT2D eigenvalue weighted by Gasteiger charge is 2.13. The number of hydrogen-bond donors (Lipinski definition) is 2. The second-order valence-electron chi connectivity index (χ2n) is 4.53. The molecule has 0 atom stereocenters. The molecule has 0 bridgehead atoms. The highest BCUT2D eigenvalue weighted by atomic mass is 16.7. The molecule has 1 amide bonds. The Morgan fingerprint density at radius 1 is 1.19 bits per heavy atom. The first-order valence-corrected chi connectivity index (χ1v) is 6.67. The third-order valence-electron chi connectivity index (χ3n) is 3.01. The molecule has 2 aromatic rings. The Labute approximate surface area is 122 Å². The molecule has 108 valence electrons. The van der Waals surface area contributed by atoms with Gasteiger partial charge in [-0.1, -0.05) is 6.92 Å². The fourth-order valence-corrected chi connectivity index (χ4v) is 1.91. The zero-order valence-electron chi connectivity index (χ0n) is 11.6. The quantitative estimate of drug-likeness (QED) is 0.903. The van der Waals surface area contributed by atoms with Crippen LogP contribution in [0, 0.1) is 0 Å². The number of aromatic nitrogens is 1. The molecule has 0 aliphatic carbocycles. The van der Waals surface area contributed by atoms with E-state index in [-0.39, 0.29) is 12.7 Å². The average molecular weight is 285 g/mol. The lowest BCUT2D eigenvalue weighted by atomic mass is 10.2. The van der Waals surface area contributed by atoms with Gasteiger partial charge in [-0.15, -0.1) is 0 Å². The van der Waals surface area contributed by atoms with Crippen molar-refractivity contribution in [2.75, 3.05) is 17.4 Å². The second-order valence-corrected chi connectivity index (χ2v) is 4.53. The summed E-state index contributed by atoms with van der Waals surface area (Å²) in [6, 6.07) is 9.20. The third-order valence-corrected chi connectivity index (χ3v) is 3.01. The fourth-order valence-electron chi connectivity index (χ4n) is 1.91. The topological polar surface area (TPSA) is 72.5 Å². The average Bonchev–Trinajstić information content (AvgIpc) is 2.96. The van der Waals surface area contributed by atoms with Crippen molar-refractivity contribution < 1.29 is 14.3 Å². The van der Waals surface area contributed by atoms with Crippen molar-refractivity contribution >= 4 is 23.1 Å². The van der Waals surface area contributed by atoms with Gasteiger partial charge < -0.3 is 20.1 Å². The number of nitrogens with zero attached hydrogens (tertiary/aromatic N) is 1. The van der Waals surface area contributed by atoms with Crippen molar-refractivity contribution in [1.29, 1.82) is 0 Å². The smallest absolute Gasteiger partial charge is 0.231 e. The summed E-state index contributed by atoms with van der Waals surface area (Å²) in [7, 11) is 0. The number of benzene rings is 1. The molecule has 6 nitrogen and oxygen atoms in total. The van der Waals surface area contributed by atoms with E-state index in [0.29, 0.717) is 23.7 Å². The number of rotatable bonds is 4. The maximum Gasteiger partial charge on any atom is 0.231 e. The summed E-state index contributed by atoms with van der Waals surface area (Å²) < 4.78 is 10.6. The number of pyridine rings is 1. The van der Waals surface area contributed by atoms with Crippen LogP contribution in [0.2, 0.25) is 0 Å². The molecule has 21 heavy (non-hydrogen) atoms. The summed E-state index contributed by atoms with van der Waals surface area (Å²) in [5.41, 5.74) is 1.54. The first-order valence-electron chi connectivity index (χ1n) is 6.67. The van der Waals surface area contributed by atoms with Crippen molar-refractivity contribution in [2.45, 2.75) is 13.3 Å². The van der Waals surface area contributed by atoms with Gasteiger partial charge in [0, 0.05) is 18.2 Å². The number of nitrogens with one attached hydrogen (secondary N) is 2. The lowest BCUT2D eigenvalue weighted by Crippen LogP contribution is -2.09. The molecule has 1 aliphatic rings. The predicted octanol–water partition coefficient (Wildman–Crippen LogP) is 2.90. The minimum Gasteiger partial charge on any atom is -0.454 e. The van der Waals surface area contributed by atoms with Gasteiger partial charge in [0.05, 0.1) is 11.9 Å². The van der Waals surface area contributed by atoms with Gasteiger partial charge >= 0.3 is 0 Å². The van der Waals surface area contributed by atoms with E-state index in [2.05, 4.69) is 15.6 Å². The normalized spacial score (nSPS) is 12.0. The summed E-state index contributed by atoms with van der Waals surface area (Å²) in [6.45, 7) is 2.06. The molecule has 0 fully saturated rings. The standard InChI is InChI=1S/C15H15N3O3/c1-2-15(19)18-11-4-6-14(16-8-11)17-10-3-5-12-13(7-10)21-9-20-12/h3-8H,2,9H2,1H3,(H,16,17)(H,18,19). The van der Waals surface area contributed by atoms with Crippen molar-refractivity contribution in [3.8, 4) is 11.5 Å². The predicted molar refractivity (Wildman–Crippen MR) is 79.0 cm³/mol. The van der Waals surface area contributed by atoms with Gasteiger partial charge in [0.25, 0.3) is 0 Å². The van der Waals surface area contributed by atoms with E-state index in [1.165, 1.54) is 0 Å². The number of anilines is 3. The van der Waals surface area contributed by atoms with Crippen LogP contribution in [0.4, 0.5) is 17.2 Å². The minimum absolute atomic E-state index is 0.0340. The van der Waals surface area contributed by atoms with Crippen LogP contribution < -0.4 is 20.1 Å². The van der Waals surface area contributed by atoms with E-state index in [4.69, 9.17) is 9.47 Å². The lowest BCUT2D eigenvalue weighted by Gasteiger charge is -2.08. The molecule has 0 saturated carbocycles. The van der Waals surface area contributed by atoms with Crippen LogP contribution in [-0.4, -0.2) is 17.7 Å². The van der Waals surface area contributed by atoms with Crippen molar-refractivity contribution in [2.24, 2.45) is 0 Å². The highest BCUT2D eigenvalue weighted by Crippen LogP contribution is 2.34. The molecule has 2 heterocycles. The van der Waals surface area contributed by atoms with E-state index < -0.39 is 0 Å². The van der Waals surface area contributed by atoms with Gasteiger partial charge in [-0.3, -0.25) is 4.79 Å². The monoisotopic (exact) mass is 285 g/mol. The van der Waals surface area contributed by atoms with Crippen molar-refractivity contribution in [3.63, 3.8) is 0 Å². The van der Waals surface area contributed by atoms with Crippen LogP contribution in [0.3, 0.4) is 0 Å². The van der Waals surface area contributed by atoms with Gasteiger partial charge in [0.1, 0.15) is 5.82 Å². The van der Waals surface area contributed by atoms with E-state index in [1.54, 1.807) is 25.3 Å². The van der Waals surface area contributed by atoms with Crippen LogP contribution in [-0.2, 0) is 4.79 Å². The minimum atomic E-state index is -0.0340. The van der Waals surface area contributed by atoms with Gasteiger partial charge in [0.15, 0.2) is 11.5 Å². The maximum absolute atomic E-state index is 11.3. The van der Waals surface area contributed by atoms with Gasteiger partial charge in [-0.2, -0.15) is 0 Å². The number of hydrogen-bond acceptors (Lipinski definition) is 5. The number of amides is 1. The second kappa shape index (κ2) is 5.70. The Balaban J connectivity index is 1.69. The molecule has 0 radical (unpaired) electrons. The fraction of sp³-hybridized carbons (Fsp3) is 0.200. The van der Waals surface area contributed by atoms with E-state index >= 15 is 0 Å². The number of fused-ring (bicyclic) bond motifs is 1. The summed E-state index contributed by atoms with van der Waals surface area (Å²) in [4.78, 5) is 15.5. The van der Waals surface area contributed by atoms with Crippen LogP contribution in [0.1, 0.15) is 13.3 Å². The van der Waals surface area contributed by atoms with Crippen LogP contribution in [0.5, 0.6) is 11.5 Å². The zero-order chi connectivity index (χ0) is 14.7. The molecule has 1 aromatic heterocycles. The van der Waals surface area contributed by atoms with Gasteiger partial charge in [0.2, 0.25) is 12.7 Å². The van der Waals surface area contributed by atoms with Crippen LogP contribution >= 0.6 is 0 Å². The van der Waals surface area contributed by atoms with Crippen LogP contribution in [0.25, 0.3) is 0 Å². The lowest BCUT2D eigenvalue weighted by molar-refractivity contribution is -0.115. The van der Waals surface area contributed by atoms with Crippen LogP contribution in [0.15, 0.2) is 36.5 Å². The summed E-state index contributed by atoms with van der Waals surface area (Å²) in [6.07, 6.45) is 2.06. The zero-order valence-corrected chi connectivity index (χ0v) is 11.6. The van der Waals surface area contributed by atoms with E-state index in [9.17, 15) is 4.79 Å².